The van der Waals surface area contributed by atoms with Crippen molar-refractivity contribution < 1.29 is 0 Å². The van der Waals surface area contributed by atoms with Crippen molar-refractivity contribution in [2.45, 2.75) is 38.5 Å². The first-order valence-corrected chi connectivity index (χ1v) is 5.62. The van der Waals surface area contributed by atoms with Crippen LogP contribution in [0.1, 0.15) is 38.5 Å². The molecule has 0 unspecified atom stereocenters. The molecule has 0 nitrogen and oxygen atoms in total. The summed E-state index contributed by atoms with van der Waals surface area (Å²) in [6, 6.07) is 0. The lowest BCUT2D eigenvalue weighted by atomic mass is 10.2. The van der Waals surface area contributed by atoms with E-state index in [2.05, 4.69) is 48.6 Å². The van der Waals surface area contributed by atoms with E-state index in [1.807, 2.05) is 0 Å². The highest BCUT2D eigenvalue weighted by Crippen LogP contribution is 2.02. The van der Waals surface area contributed by atoms with E-state index in [1.54, 1.807) is 0 Å². The number of hydrogen-bond acceptors (Lipinski definition) is 0. The molecule has 0 aromatic rings. The van der Waals surface area contributed by atoms with Crippen LogP contribution in [0.3, 0.4) is 0 Å². The molecule has 1 rings (SSSR count). The van der Waals surface area contributed by atoms with Gasteiger partial charge in [0.05, 0.1) is 0 Å². The summed E-state index contributed by atoms with van der Waals surface area (Å²) in [6.45, 7) is 0. The Labute approximate surface area is 87.7 Å². The van der Waals surface area contributed by atoms with Crippen LogP contribution < -0.4 is 0 Å². The van der Waals surface area contributed by atoms with E-state index in [0.717, 1.165) is 12.8 Å². The molecule has 0 heteroatoms. The Morgan fingerprint density at radius 1 is 0.500 bits per heavy atom. The Hall–Kier alpha value is -1.04. The lowest BCUT2D eigenvalue weighted by molar-refractivity contribution is 0.860. The molecular weight excluding hydrogens is 168 g/mol. The van der Waals surface area contributed by atoms with Crippen LogP contribution in [0, 0.1) is 0 Å². The normalized spacial score (nSPS) is 26.3. The summed E-state index contributed by atoms with van der Waals surface area (Å²) in [6.07, 6.45) is 25.0. The summed E-state index contributed by atoms with van der Waals surface area (Å²) in [5.41, 5.74) is 0. The third-order valence-electron chi connectivity index (χ3n) is 2.23. The average molecular weight is 188 g/mol. The number of rotatable bonds is 0. The molecule has 0 atom stereocenters. The zero-order chi connectivity index (χ0) is 9.90. The van der Waals surface area contributed by atoms with Gasteiger partial charge in [-0.25, -0.2) is 0 Å². The molecule has 0 spiro atoms. The maximum absolute atomic E-state index is 2.31. The molecule has 0 bridgehead atoms. The van der Waals surface area contributed by atoms with Gasteiger partial charge in [0.25, 0.3) is 0 Å². The van der Waals surface area contributed by atoms with E-state index in [4.69, 9.17) is 0 Å². The quantitative estimate of drug-likeness (QED) is 0.489. The second-order valence-corrected chi connectivity index (χ2v) is 3.54. The summed E-state index contributed by atoms with van der Waals surface area (Å²) < 4.78 is 0. The standard InChI is InChI=1S/C14H20/c1-2-4-6-8-10-12-14-13-11-9-7-5-3-1/h1-4,7,9-10,12H,5-6,8,11,13-14H2/b3-1+,4-2-,9-7+,12-10?. The van der Waals surface area contributed by atoms with E-state index in [-0.39, 0.29) is 0 Å². The average Bonchev–Trinajstić information content (AvgIpc) is 2.22. The first-order chi connectivity index (χ1) is 7.00. The molecule has 14 heavy (non-hydrogen) atoms. The molecule has 0 saturated carbocycles. The molecule has 0 heterocycles. The van der Waals surface area contributed by atoms with Gasteiger partial charge in [0.2, 0.25) is 0 Å². The molecule has 0 aromatic carbocycles. The van der Waals surface area contributed by atoms with Gasteiger partial charge in [-0.3, -0.25) is 0 Å². The molecule has 0 aromatic heterocycles. The molecule has 0 fully saturated rings. The molecule has 0 radical (unpaired) electrons. The fourth-order valence-electron chi connectivity index (χ4n) is 1.41. The van der Waals surface area contributed by atoms with Crippen LogP contribution in [0.25, 0.3) is 0 Å². The van der Waals surface area contributed by atoms with Crippen molar-refractivity contribution in [3.05, 3.63) is 48.6 Å². The molecule has 76 valence electrons. The van der Waals surface area contributed by atoms with Crippen LogP contribution in [-0.4, -0.2) is 0 Å². The van der Waals surface area contributed by atoms with E-state index in [1.165, 1.54) is 25.7 Å². The third-order valence-corrected chi connectivity index (χ3v) is 2.23. The maximum Gasteiger partial charge on any atom is -0.0166 e. The lowest BCUT2D eigenvalue weighted by Crippen LogP contribution is -1.71. The Morgan fingerprint density at radius 3 is 2.07 bits per heavy atom. The van der Waals surface area contributed by atoms with E-state index < -0.39 is 0 Å². The maximum atomic E-state index is 2.31. The van der Waals surface area contributed by atoms with Crippen LogP contribution in [-0.2, 0) is 0 Å². The number of allylic oxidation sites excluding steroid dienone is 8. The topological polar surface area (TPSA) is 0 Å². The summed E-state index contributed by atoms with van der Waals surface area (Å²) in [5, 5.41) is 0. The zero-order valence-electron chi connectivity index (χ0n) is 8.86. The molecule has 0 saturated heterocycles. The highest BCUT2D eigenvalue weighted by Gasteiger charge is 1.82. The summed E-state index contributed by atoms with van der Waals surface area (Å²) in [4.78, 5) is 0. The fourth-order valence-corrected chi connectivity index (χ4v) is 1.41. The van der Waals surface area contributed by atoms with Crippen molar-refractivity contribution >= 4 is 0 Å². The van der Waals surface area contributed by atoms with Crippen LogP contribution in [0.4, 0.5) is 0 Å². The van der Waals surface area contributed by atoms with Gasteiger partial charge in [0.1, 0.15) is 0 Å². The summed E-state index contributed by atoms with van der Waals surface area (Å²) in [7, 11) is 0. The minimum Gasteiger partial charge on any atom is -0.0885 e. The number of hydrogen-bond donors (Lipinski definition) is 0. The van der Waals surface area contributed by atoms with Crippen LogP contribution >= 0.6 is 0 Å². The minimum atomic E-state index is 1.07. The van der Waals surface area contributed by atoms with Crippen molar-refractivity contribution in [3.63, 3.8) is 0 Å². The SMILES string of the molecule is C1=CCCC/C=C/C/C=C/C=C\CC1. The Morgan fingerprint density at radius 2 is 1.14 bits per heavy atom. The van der Waals surface area contributed by atoms with E-state index >= 15 is 0 Å². The smallest absolute Gasteiger partial charge is 0.0166 e. The Kier molecular flexibility index (Phi) is 6.74. The van der Waals surface area contributed by atoms with Crippen molar-refractivity contribution in [1.82, 2.24) is 0 Å². The summed E-state index contributed by atoms with van der Waals surface area (Å²) in [5.74, 6) is 0. The zero-order valence-corrected chi connectivity index (χ0v) is 8.86. The second kappa shape index (κ2) is 8.55. The second-order valence-electron chi connectivity index (χ2n) is 3.54. The van der Waals surface area contributed by atoms with Gasteiger partial charge in [-0.15, -0.1) is 0 Å². The molecule has 0 aliphatic heterocycles. The van der Waals surface area contributed by atoms with Crippen molar-refractivity contribution in [2.24, 2.45) is 0 Å². The predicted molar refractivity (Wildman–Crippen MR) is 64.3 cm³/mol. The van der Waals surface area contributed by atoms with Crippen molar-refractivity contribution in [1.29, 1.82) is 0 Å². The molecule has 1 aliphatic carbocycles. The van der Waals surface area contributed by atoms with Crippen LogP contribution in [0.2, 0.25) is 0 Å². The predicted octanol–water partition coefficient (Wildman–Crippen LogP) is 4.57. The third kappa shape index (κ3) is 6.47. The van der Waals surface area contributed by atoms with Crippen LogP contribution in [0.15, 0.2) is 48.6 Å². The summed E-state index contributed by atoms with van der Waals surface area (Å²) >= 11 is 0. The molecule has 1 aliphatic rings. The van der Waals surface area contributed by atoms with Gasteiger partial charge in [-0.05, 0) is 38.5 Å². The fraction of sp³-hybridized carbons (Fsp3) is 0.429. The first-order valence-electron chi connectivity index (χ1n) is 5.62. The monoisotopic (exact) mass is 188 g/mol. The van der Waals surface area contributed by atoms with Gasteiger partial charge < -0.3 is 0 Å². The lowest BCUT2D eigenvalue weighted by Gasteiger charge is -1.91. The van der Waals surface area contributed by atoms with Gasteiger partial charge in [-0.1, -0.05) is 48.6 Å². The molecular formula is C14H20. The van der Waals surface area contributed by atoms with Crippen LogP contribution in [0.5, 0.6) is 0 Å². The largest absolute Gasteiger partial charge is 0.0885 e. The van der Waals surface area contributed by atoms with Gasteiger partial charge in [-0.2, -0.15) is 0 Å². The highest BCUT2D eigenvalue weighted by molar-refractivity contribution is 5.05. The van der Waals surface area contributed by atoms with E-state index in [9.17, 15) is 0 Å². The minimum absolute atomic E-state index is 1.07. The highest BCUT2D eigenvalue weighted by atomic mass is 13.9. The van der Waals surface area contributed by atoms with Crippen molar-refractivity contribution in [2.75, 3.05) is 0 Å². The van der Waals surface area contributed by atoms with E-state index in [0.29, 0.717) is 0 Å². The van der Waals surface area contributed by atoms with Gasteiger partial charge in [0.15, 0.2) is 0 Å². The van der Waals surface area contributed by atoms with Crippen molar-refractivity contribution in [3.8, 4) is 0 Å². The van der Waals surface area contributed by atoms with Gasteiger partial charge in [0, 0.05) is 0 Å². The molecule has 0 N–H and O–H groups in total. The first kappa shape index (κ1) is 11.0. The van der Waals surface area contributed by atoms with Gasteiger partial charge >= 0.3 is 0 Å². The Bertz CT molecular complexity index is 228. The molecule has 0 amide bonds. The Balaban J connectivity index is 2.35.